The molecule has 0 saturated carbocycles. The maximum atomic E-state index is 12.1. The molecule has 1 amide bonds. The normalized spacial score (nSPS) is 12.4. The van der Waals surface area contributed by atoms with Gasteiger partial charge in [0.05, 0.1) is 0 Å². The van der Waals surface area contributed by atoms with Crippen LogP contribution in [-0.2, 0) is 11.8 Å². The molecule has 1 aromatic heterocycles. The fourth-order valence-corrected chi connectivity index (χ4v) is 2.06. The zero-order valence-electron chi connectivity index (χ0n) is 11.1. The largest absolute Gasteiger partial charge is 0.480 e. The summed E-state index contributed by atoms with van der Waals surface area (Å²) in [6, 6.07) is 6.71. The quantitative estimate of drug-likeness (QED) is 0.882. The Bertz CT molecular complexity index is 658. The fraction of sp³-hybridized carbons (Fsp3) is 0.286. The molecule has 1 heterocycles. The number of nitrogens with one attached hydrogen (secondary N) is 1. The van der Waals surface area contributed by atoms with Gasteiger partial charge in [0.25, 0.3) is 5.91 Å². The number of fused-ring (bicyclic) bond motifs is 1. The number of aryl methyl sites for hydroxylation is 2. The van der Waals surface area contributed by atoms with Crippen LogP contribution in [0.2, 0.25) is 0 Å². The summed E-state index contributed by atoms with van der Waals surface area (Å²) >= 11 is 0. The van der Waals surface area contributed by atoms with Crippen LogP contribution in [0.1, 0.15) is 23.0 Å². The number of carboxylic acids is 1. The average molecular weight is 260 g/mol. The van der Waals surface area contributed by atoms with Gasteiger partial charge in [-0.05, 0) is 31.5 Å². The summed E-state index contributed by atoms with van der Waals surface area (Å²) in [5, 5.41) is 12.3. The Morgan fingerprint density at radius 1 is 1.37 bits per heavy atom. The number of hydrogen-bond donors (Lipinski definition) is 2. The zero-order chi connectivity index (χ0) is 14.2. The van der Waals surface area contributed by atoms with E-state index in [-0.39, 0.29) is 5.91 Å². The van der Waals surface area contributed by atoms with Gasteiger partial charge in [0.15, 0.2) is 0 Å². The highest BCUT2D eigenvalue weighted by Gasteiger charge is 2.19. The van der Waals surface area contributed by atoms with Gasteiger partial charge in [-0.1, -0.05) is 12.1 Å². The molecule has 0 aliphatic carbocycles. The van der Waals surface area contributed by atoms with E-state index in [1.54, 1.807) is 17.7 Å². The maximum absolute atomic E-state index is 12.1. The SMILES string of the molecule is Cc1cccc2c1cc(C(=O)N[C@@H](C)C(=O)O)n2C. The third-order valence-electron chi connectivity index (χ3n) is 3.26. The first-order valence-corrected chi connectivity index (χ1v) is 6.00. The van der Waals surface area contributed by atoms with Gasteiger partial charge in [-0.2, -0.15) is 0 Å². The minimum absolute atomic E-state index is 0.381. The number of carbonyl (C=O) groups is 2. The molecule has 0 fully saturated rings. The van der Waals surface area contributed by atoms with Crippen molar-refractivity contribution in [3.05, 3.63) is 35.5 Å². The van der Waals surface area contributed by atoms with Crippen LogP contribution in [-0.4, -0.2) is 27.6 Å². The summed E-state index contributed by atoms with van der Waals surface area (Å²) in [5.74, 6) is -1.43. The number of nitrogens with zero attached hydrogens (tertiary/aromatic N) is 1. The molecular weight excluding hydrogens is 244 g/mol. The van der Waals surface area contributed by atoms with Gasteiger partial charge in [-0.15, -0.1) is 0 Å². The van der Waals surface area contributed by atoms with Crippen molar-refractivity contribution in [3.63, 3.8) is 0 Å². The number of aliphatic carboxylic acids is 1. The Morgan fingerprint density at radius 3 is 2.63 bits per heavy atom. The highest BCUT2D eigenvalue weighted by Crippen LogP contribution is 2.22. The van der Waals surface area contributed by atoms with Crippen LogP contribution in [0.3, 0.4) is 0 Å². The van der Waals surface area contributed by atoms with Crippen LogP contribution in [0.5, 0.6) is 0 Å². The molecule has 2 aromatic rings. The maximum Gasteiger partial charge on any atom is 0.325 e. The predicted octanol–water partition coefficient (Wildman–Crippen LogP) is 1.69. The van der Waals surface area contributed by atoms with Crippen LogP contribution >= 0.6 is 0 Å². The minimum atomic E-state index is -1.05. The number of aromatic nitrogens is 1. The van der Waals surface area contributed by atoms with Crippen molar-refractivity contribution >= 4 is 22.8 Å². The molecule has 1 atom stereocenters. The first-order chi connectivity index (χ1) is 8.91. The molecule has 2 rings (SSSR count). The van der Waals surface area contributed by atoms with Crippen molar-refractivity contribution in [3.8, 4) is 0 Å². The molecule has 0 spiro atoms. The van der Waals surface area contributed by atoms with Crippen molar-refractivity contribution in [2.45, 2.75) is 19.9 Å². The second-order valence-corrected chi connectivity index (χ2v) is 4.63. The lowest BCUT2D eigenvalue weighted by molar-refractivity contribution is -0.138. The smallest absolute Gasteiger partial charge is 0.325 e. The summed E-state index contributed by atoms with van der Waals surface area (Å²) in [5.41, 5.74) is 2.49. The number of carbonyl (C=O) groups excluding carboxylic acids is 1. The van der Waals surface area contributed by atoms with Gasteiger partial charge in [-0.3, -0.25) is 9.59 Å². The van der Waals surface area contributed by atoms with Gasteiger partial charge < -0.3 is 15.0 Å². The van der Waals surface area contributed by atoms with E-state index in [0.717, 1.165) is 16.5 Å². The Morgan fingerprint density at radius 2 is 2.05 bits per heavy atom. The standard InChI is InChI=1S/C14H16N2O3/c1-8-5-4-6-11-10(8)7-12(16(11)3)13(17)15-9(2)14(18)19/h4-7,9H,1-3H3,(H,15,17)(H,18,19)/t9-/m0/s1. The van der Waals surface area contributed by atoms with Gasteiger partial charge in [0, 0.05) is 18.0 Å². The molecule has 0 saturated heterocycles. The van der Waals surface area contributed by atoms with E-state index in [1.165, 1.54) is 6.92 Å². The molecule has 5 heteroatoms. The topological polar surface area (TPSA) is 71.3 Å². The zero-order valence-corrected chi connectivity index (χ0v) is 11.1. The highest BCUT2D eigenvalue weighted by atomic mass is 16.4. The van der Waals surface area contributed by atoms with Crippen LogP contribution in [0.25, 0.3) is 10.9 Å². The molecule has 0 aliphatic heterocycles. The van der Waals surface area contributed by atoms with Crippen LogP contribution in [0.15, 0.2) is 24.3 Å². The summed E-state index contributed by atoms with van der Waals surface area (Å²) < 4.78 is 1.77. The van der Waals surface area contributed by atoms with Gasteiger partial charge in [0.2, 0.25) is 0 Å². The highest BCUT2D eigenvalue weighted by molar-refractivity contribution is 6.00. The third kappa shape index (κ3) is 2.31. The Kier molecular flexibility index (Phi) is 3.29. The van der Waals surface area contributed by atoms with Crippen molar-refractivity contribution in [1.29, 1.82) is 0 Å². The Hall–Kier alpha value is -2.30. The van der Waals surface area contributed by atoms with Crippen molar-refractivity contribution in [2.24, 2.45) is 7.05 Å². The molecular formula is C14H16N2O3. The average Bonchev–Trinajstić information content (AvgIpc) is 2.68. The number of rotatable bonds is 3. The molecule has 0 bridgehead atoms. The number of amides is 1. The molecule has 100 valence electrons. The second kappa shape index (κ2) is 4.76. The van der Waals surface area contributed by atoms with Crippen molar-refractivity contribution in [2.75, 3.05) is 0 Å². The van der Waals surface area contributed by atoms with E-state index in [1.807, 2.05) is 25.1 Å². The predicted molar refractivity (Wildman–Crippen MR) is 72.2 cm³/mol. The van der Waals surface area contributed by atoms with E-state index in [2.05, 4.69) is 5.32 Å². The van der Waals surface area contributed by atoms with Crippen molar-refractivity contribution in [1.82, 2.24) is 9.88 Å². The molecule has 0 radical (unpaired) electrons. The Labute approximate surface area is 110 Å². The van der Waals surface area contributed by atoms with E-state index in [9.17, 15) is 9.59 Å². The molecule has 1 aromatic carbocycles. The summed E-state index contributed by atoms with van der Waals surface area (Å²) in [7, 11) is 1.79. The van der Waals surface area contributed by atoms with Gasteiger partial charge in [-0.25, -0.2) is 0 Å². The molecule has 0 aliphatic rings. The first kappa shape index (κ1) is 13.1. The summed E-state index contributed by atoms with van der Waals surface area (Å²) in [6.45, 7) is 3.41. The van der Waals surface area contributed by atoms with E-state index >= 15 is 0 Å². The number of hydrogen-bond acceptors (Lipinski definition) is 2. The van der Waals surface area contributed by atoms with E-state index in [4.69, 9.17) is 5.11 Å². The fourth-order valence-electron chi connectivity index (χ4n) is 2.06. The first-order valence-electron chi connectivity index (χ1n) is 6.00. The van der Waals surface area contributed by atoms with E-state index < -0.39 is 12.0 Å². The lowest BCUT2D eigenvalue weighted by Gasteiger charge is -2.09. The van der Waals surface area contributed by atoms with Crippen LogP contribution < -0.4 is 5.32 Å². The van der Waals surface area contributed by atoms with Crippen LogP contribution in [0, 0.1) is 6.92 Å². The van der Waals surface area contributed by atoms with Crippen molar-refractivity contribution < 1.29 is 14.7 Å². The van der Waals surface area contributed by atoms with E-state index in [0.29, 0.717) is 5.69 Å². The molecule has 2 N–H and O–H groups in total. The lowest BCUT2D eigenvalue weighted by atomic mass is 10.1. The molecule has 5 nitrogen and oxygen atoms in total. The lowest BCUT2D eigenvalue weighted by Crippen LogP contribution is -2.39. The van der Waals surface area contributed by atoms with Crippen LogP contribution in [0.4, 0.5) is 0 Å². The minimum Gasteiger partial charge on any atom is -0.480 e. The van der Waals surface area contributed by atoms with Gasteiger partial charge in [0.1, 0.15) is 11.7 Å². The second-order valence-electron chi connectivity index (χ2n) is 4.63. The monoisotopic (exact) mass is 260 g/mol. The molecule has 19 heavy (non-hydrogen) atoms. The Balaban J connectivity index is 2.41. The molecule has 0 unspecified atom stereocenters. The summed E-state index contributed by atoms with van der Waals surface area (Å²) in [4.78, 5) is 22.8. The number of benzene rings is 1. The summed E-state index contributed by atoms with van der Waals surface area (Å²) in [6.07, 6.45) is 0. The number of carboxylic acid groups (broad SMARTS) is 1. The van der Waals surface area contributed by atoms with Gasteiger partial charge >= 0.3 is 5.97 Å². The third-order valence-corrected chi connectivity index (χ3v) is 3.26.